The number of aromatic nitrogens is 1. The van der Waals surface area contributed by atoms with Crippen LogP contribution >= 0.6 is 11.3 Å². The minimum absolute atomic E-state index is 0.0375. The maximum atomic E-state index is 11.5. The Morgan fingerprint density at radius 1 is 1.59 bits per heavy atom. The number of nitrogens with zero attached hydrogens (tertiary/aromatic N) is 2. The van der Waals surface area contributed by atoms with Crippen molar-refractivity contribution >= 4 is 32.4 Å². The minimum Gasteiger partial charge on any atom is -0.350 e. The summed E-state index contributed by atoms with van der Waals surface area (Å²) < 4.78 is 22.0. The molecule has 0 aliphatic heterocycles. The van der Waals surface area contributed by atoms with Crippen molar-refractivity contribution in [3.05, 3.63) is 6.20 Å². The average Bonchev–Trinajstić information content (AvgIpc) is 2.64. The number of rotatable bonds is 4. The lowest BCUT2D eigenvalue weighted by Crippen LogP contribution is -2.36. The molecule has 17 heavy (non-hydrogen) atoms. The first kappa shape index (κ1) is 13.9. The van der Waals surface area contributed by atoms with Crippen LogP contribution in [-0.2, 0) is 14.8 Å². The van der Waals surface area contributed by atoms with Crippen molar-refractivity contribution in [3.8, 4) is 0 Å². The van der Waals surface area contributed by atoms with Crippen LogP contribution < -0.4 is 10.5 Å². The van der Waals surface area contributed by atoms with Crippen LogP contribution in [-0.4, -0.2) is 44.3 Å². The van der Waals surface area contributed by atoms with Gasteiger partial charge in [0.2, 0.25) is 15.9 Å². The number of primary sulfonamides is 1. The van der Waals surface area contributed by atoms with E-state index >= 15 is 0 Å². The van der Waals surface area contributed by atoms with Crippen molar-refractivity contribution in [1.29, 1.82) is 0 Å². The number of nitrogens with one attached hydrogen (secondary N) is 1. The molecule has 1 heterocycles. The summed E-state index contributed by atoms with van der Waals surface area (Å²) in [6, 6.07) is -0.482. The Morgan fingerprint density at radius 3 is 2.59 bits per heavy atom. The van der Waals surface area contributed by atoms with Gasteiger partial charge >= 0.3 is 0 Å². The van der Waals surface area contributed by atoms with Gasteiger partial charge in [-0.3, -0.25) is 4.79 Å². The quantitative estimate of drug-likeness (QED) is 0.785. The van der Waals surface area contributed by atoms with Crippen LogP contribution in [0.3, 0.4) is 0 Å². The Labute approximate surface area is 104 Å². The Kier molecular flexibility index (Phi) is 4.07. The topological polar surface area (TPSA) is 105 Å². The minimum atomic E-state index is -3.73. The van der Waals surface area contributed by atoms with Crippen LogP contribution in [0.1, 0.15) is 6.92 Å². The summed E-state index contributed by atoms with van der Waals surface area (Å²) in [6.07, 6.45) is 1.16. The second-order valence-corrected chi connectivity index (χ2v) is 6.45. The molecule has 1 rings (SSSR count). The Bertz CT molecular complexity index is 509. The van der Waals surface area contributed by atoms with Gasteiger partial charge in [-0.15, -0.1) is 0 Å². The second-order valence-electron chi connectivity index (χ2n) is 3.63. The number of hydrogen-bond acceptors (Lipinski definition) is 6. The second kappa shape index (κ2) is 4.98. The molecule has 7 nitrogen and oxygen atoms in total. The van der Waals surface area contributed by atoms with Gasteiger partial charge in [0.1, 0.15) is 6.04 Å². The Balaban J connectivity index is 2.77. The van der Waals surface area contributed by atoms with Crippen LogP contribution in [0.15, 0.2) is 10.4 Å². The number of carbonyl (C=O) groups excluding carboxylic acids is 1. The van der Waals surface area contributed by atoms with E-state index in [0.717, 1.165) is 17.5 Å². The van der Waals surface area contributed by atoms with Crippen molar-refractivity contribution in [2.75, 3.05) is 19.4 Å². The fourth-order valence-electron chi connectivity index (χ4n) is 1.09. The van der Waals surface area contributed by atoms with Crippen LogP contribution in [0.25, 0.3) is 0 Å². The molecule has 0 saturated carbocycles. The summed E-state index contributed by atoms with van der Waals surface area (Å²) >= 11 is 0.891. The predicted octanol–water partition coefficient (Wildman–Crippen LogP) is -0.321. The molecule has 1 aromatic rings. The van der Waals surface area contributed by atoms with Gasteiger partial charge in [0.25, 0.3) is 0 Å². The highest BCUT2D eigenvalue weighted by Crippen LogP contribution is 2.22. The van der Waals surface area contributed by atoms with E-state index in [9.17, 15) is 13.2 Å². The summed E-state index contributed by atoms with van der Waals surface area (Å²) in [5, 5.41) is 8.10. The normalized spacial score (nSPS) is 13.2. The van der Waals surface area contributed by atoms with E-state index < -0.39 is 16.1 Å². The third-order valence-corrected chi connectivity index (χ3v) is 4.25. The fraction of sp³-hybridized carbons (Fsp3) is 0.500. The fourth-order valence-corrected chi connectivity index (χ4v) is 2.63. The lowest BCUT2D eigenvalue weighted by Gasteiger charge is -2.17. The number of nitrogens with two attached hydrogens (primary N) is 1. The molecule has 0 saturated heterocycles. The first-order valence-electron chi connectivity index (χ1n) is 4.68. The van der Waals surface area contributed by atoms with Crippen LogP contribution in [0.2, 0.25) is 0 Å². The average molecular weight is 278 g/mol. The van der Waals surface area contributed by atoms with E-state index in [1.54, 1.807) is 21.0 Å². The van der Waals surface area contributed by atoms with Gasteiger partial charge in [-0.1, -0.05) is 11.3 Å². The molecule has 1 aromatic heterocycles. The summed E-state index contributed by atoms with van der Waals surface area (Å²) in [6.45, 7) is 1.67. The summed E-state index contributed by atoms with van der Waals surface area (Å²) in [5.74, 6) is -0.127. The molecule has 0 aliphatic rings. The Morgan fingerprint density at radius 2 is 2.18 bits per heavy atom. The third kappa shape index (κ3) is 3.65. The molecule has 3 N–H and O–H groups in total. The van der Waals surface area contributed by atoms with E-state index in [1.807, 2.05) is 0 Å². The number of thiazole rings is 1. The zero-order chi connectivity index (χ0) is 13.2. The van der Waals surface area contributed by atoms with Gasteiger partial charge in [-0.2, -0.15) is 0 Å². The van der Waals surface area contributed by atoms with E-state index in [-0.39, 0.29) is 10.1 Å². The van der Waals surface area contributed by atoms with Crippen molar-refractivity contribution in [1.82, 2.24) is 9.88 Å². The zero-order valence-electron chi connectivity index (χ0n) is 9.67. The number of anilines is 1. The zero-order valence-corrected chi connectivity index (χ0v) is 11.3. The van der Waals surface area contributed by atoms with Gasteiger partial charge in [0.05, 0.1) is 6.20 Å². The van der Waals surface area contributed by atoms with Crippen LogP contribution in [0.5, 0.6) is 0 Å². The first-order valence-corrected chi connectivity index (χ1v) is 7.04. The first-order chi connectivity index (χ1) is 7.71. The highest BCUT2D eigenvalue weighted by atomic mass is 32.2. The lowest BCUT2D eigenvalue weighted by molar-refractivity contribution is -0.129. The molecule has 1 amide bonds. The number of sulfonamides is 1. The van der Waals surface area contributed by atoms with Crippen molar-refractivity contribution < 1.29 is 13.2 Å². The molecule has 0 aliphatic carbocycles. The highest BCUT2D eigenvalue weighted by Gasteiger charge is 2.18. The number of hydrogen-bond donors (Lipinski definition) is 2. The SMILES string of the molecule is C[C@H](Nc1ncc(S(N)(=O)=O)s1)C(=O)N(C)C. The van der Waals surface area contributed by atoms with Gasteiger partial charge in [0, 0.05) is 14.1 Å². The summed E-state index contributed by atoms with van der Waals surface area (Å²) in [7, 11) is -0.460. The molecule has 0 radical (unpaired) electrons. The van der Waals surface area contributed by atoms with Crippen molar-refractivity contribution in [3.63, 3.8) is 0 Å². The molecule has 96 valence electrons. The number of likely N-dealkylation sites (N-methyl/N-ethyl adjacent to an activating group) is 1. The van der Waals surface area contributed by atoms with Gasteiger partial charge in [0.15, 0.2) is 9.34 Å². The molecular weight excluding hydrogens is 264 g/mol. The van der Waals surface area contributed by atoms with E-state index in [2.05, 4.69) is 10.3 Å². The molecular formula is C8H14N4O3S2. The molecule has 0 bridgehead atoms. The molecule has 0 aromatic carbocycles. The summed E-state index contributed by atoms with van der Waals surface area (Å²) in [5.41, 5.74) is 0. The predicted molar refractivity (Wildman–Crippen MR) is 65.3 cm³/mol. The number of carbonyl (C=O) groups is 1. The Hall–Kier alpha value is -1.19. The van der Waals surface area contributed by atoms with Gasteiger partial charge < -0.3 is 10.2 Å². The van der Waals surface area contributed by atoms with Crippen LogP contribution in [0.4, 0.5) is 5.13 Å². The number of amides is 1. The summed E-state index contributed by atoms with van der Waals surface area (Å²) in [4.78, 5) is 16.8. The van der Waals surface area contributed by atoms with Gasteiger partial charge in [-0.25, -0.2) is 18.5 Å². The van der Waals surface area contributed by atoms with Crippen LogP contribution in [0, 0.1) is 0 Å². The van der Waals surface area contributed by atoms with E-state index in [1.165, 1.54) is 4.90 Å². The van der Waals surface area contributed by atoms with E-state index in [4.69, 9.17) is 5.14 Å². The maximum absolute atomic E-state index is 11.5. The van der Waals surface area contributed by atoms with E-state index in [0.29, 0.717) is 5.13 Å². The van der Waals surface area contributed by atoms with Crippen molar-refractivity contribution in [2.45, 2.75) is 17.2 Å². The smallest absolute Gasteiger partial charge is 0.249 e. The molecule has 0 unspecified atom stereocenters. The van der Waals surface area contributed by atoms with Crippen molar-refractivity contribution in [2.24, 2.45) is 5.14 Å². The molecule has 0 spiro atoms. The third-order valence-electron chi connectivity index (χ3n) is 1.92. The maximum Gasteiger partial charge on any atom is 0.249 e. The molecule has 0 fully saturated rings. The van der Waals surface area contributed by atoms with Gasteiger partial charge in [-0.05, 0) is 6.92 Å². The largest absolute Gasteiger partial charge is 0.350 e. The standard InChI is InChI=1S/C8H14N4O3S2/c1-5(7(13)12(2)3)11-8-10-4-6(16-8)17(9,14)15/h4-5H,1-3H3,(H,10,11)(H2,9,14,15)/t5-/m0/s1. The molecule has 9 heteroatoms. The highest BCUT2D eigenvalue weighted by molar-refractivity contribution is 7.91. The molecule has 1 atom stereocenters. The lowest BCUT2D eigenvalue weighted by atomic mass is 10.3. The monoisotopic (exact) mass is 278 g/mol.